The van der Waals surface area contributed by atoms with Crippen molar-refractivity contribution in [2.24, 2.45) is 4.99 Å². The van der Waals surface area contributed by atoms with Gasteiger partial charge in [-0.2, -0.15) is 10.2 Å². The fraction of sp³-hybridized carbons (Fsp3) is 0.179. The van der Waals surface area contributed by atoms with Gasteiger partial charge >= 0.3 is 7.12 Å². The largest absolute Gasteiger partial charge is 0.508 e. The normalized spacial score (nSPS) is 12.8. The Bertz CT molecular complexity index is 8070. The summed E-state index contributed by atoms with van der Waals surface area (Å²) in [7, 11) is -0.405. The molecule has 10 aromatic carbocycles. The van der Waals surface area contributed by atoms with Gasteiger partial charge in [-0.25, -0.2) is 39.3 Å². The summed E-state index contributed by atoms with van der Waals surface area (Å²) in [6, 6.07) is 76.8. The molecule has 0 spiro atoms. The minimum atomic E-state index is -0.405. The number of aliphatic hydroxyl groups excluding tert-OH is 1. The molecule has 9 N–H and O–H groups in total. The van der Waals surface area contributed by atoms with Crippen molar-refractivity contribution in [3.05, 3.63) is 385 Å². The van der Waals surface area contributed by atoms with Gasteiger partial charge in [0.2, 0.25) is 0 Å². The Morgan fingerprint density at radius 3 is 1.18 bits per heavy atom. The lowest BCUT2D eigenvalue weighted by Gasteiger charge is -2.32. The first-order valence-corrected chi connectivity index (χ1v) is 47.3. The van der Waals surface area contributed by atoms with Gasteiger partial charge in [0.1, 0.15) is 61.0 Å². The van der Waals surface area contributed by atoms with E-state index in [9.17, 15) is 34.5 Å². The number of phenolic OH excluding ortho intramolecular Hbond substituents is 2. The lowest BCUT2D eigenvalue weighted by Crippen LogP contribution is -2.41. The minimum Gasteiger partial charge on any atom is -0.508 e. The zero-order chi connectivity index (χ0) is 97.2. The number of phenols is 2. The number of rotatable bonds is 12. The van der Waals surface area contributed by atoms with Gasteiger partial charge in [0.15, 0.2) is 11.3 Å². The van der Waals surface area contributed by atoms with Crippen LogP contribution in [0.4, 0.5) is 17.5 Å². The fourth-order valence-corrected chi connectivity index (χ4v) is 19.1. The molecule has 11 heterocycles. The first-order valence-electron chi connectivity index (χ1n) is 44.1. The highest BCUT2D eigenvalue weighted by atomic mass is 127. The number of pyridine rings is 4. The minimum absolute atomic E-state index is 0.0415. The van der Waals surface area contributed by atoms with Gasteiger partial charge in [-0.1, -0.05) is 186 Å². The summed E-state index contributed by atoms with van der Waals surface area (Å²) in [5, 5.41) is 47.1. The van der Waals surface area contributed by atoms with E-state index in [0.29, 0.717) is 80.3 Å². The Balaban J connectivity index is 0.000000124. The molecule has 1 fully saturated rings. The summed E-state index contributed by atoms with van der Waals surface area (Å²) < 4.78 is 23.9. The van der Waals surface area contributed by atoms with Gasteiger partial charge in [-0.05, 0) is 273 Å². The number of nitrogens with zero attached hydrogens (tertiary/aromatic N) is 15. The van der Waals surface area contributed by atoms with Crippen LogP contribution in [0.1, 0.15) is 106 Å². The zero-order valence-electron chi connectivity index (χ0n) is 77.3. The van der Waals surface area contributed by atoms with Crippen LogP contribution in [0, 0.1) is 59.1 Å². The van der Waals surface area contributed by atoms with Gasteiger partial charge in [-0.15, -0.1) is 0 Å². The van der Waals surface area contributed by atoms with Gasteiger partial charge in [0.25, 0.3) is 22.2 Å². The Morgan fingerprint density at radius 1 is 0.401 bits per heavy atom. The second-order valence-electron chi connectivity index (χ2n) is 34.5. The fourth-order valence-electron chi connectivity index (χ4n) is 17.2. The number of nitrogens with two attached hydrogens (primary N) is 3. The Labute approximate surface area is 824 Å². The molecule has 690 valence electrons. The van der Waals surface area contributed by atoms with Crippen molar-refractivity contribution in [2.45, 2.75) is 126 Å². The summed E-state index contributed by atoms with van der Waals surface area (Å²) >= 11 is 7.79. The molecular weight excluding hydrogens is 2010 g/mol. The topological polar surface area (TPSA) is 371 Å². The second-order valence-corrected chi connectivity index (χ2v) is 37.1. The van der Waals surface area contributed by atoms with E-state index in [1.807, 2.05) is 282 Å². The average Bonchev–Trinajstić information content (AvgIpc) is 1.65. The third kappa shape index (κ3) is 19.4. The smallest absolute Gasteiger partial charge is 0.494 e. The van der Waals surface area contributed by atoms with Gasteiger partial charge in [0, 0.05) is 28.0 Å². The van der Waals surface area contributed by atoms with E-state index in [-0.39, 0.29) is 58.1 Å². The van der Waals surface area contributed by atoms with Crippen LogP contribution in [-0.4, -0.2) is 105 Å². The first kappa shape index (κ1) is 95.9. The molecule has 0 aliphatic carbocycles. The molecule has 21 rings (SSSR count). The van der Waals surface area contributed by atoms with Crippen LogP contribution in [0.3, 0.4) is 0 Å². The maximum atomic E-state index is 14.0. The van der Waals surface area contributed by atoms with Crippen LogP contribution < -0.4 is 44.9 Å². The summed E-state index contributed by atoms with van der Waals surface area (Å²) in [5.41, 5.74) is 36.7. The van der Waals surface area contributed by atoms with Crippen molar-refractivity contribution in [2.75, 3.05) is 17.2 Å². The highest BCUT2D eigenvalue weighted by Crippen LogP contribution is 2.38. The van der Waals surface area contributed by atoms with Gasteiger partial charge in [0.05, 0.1) is 109 Å². The summed E-state index contributed by atoms with van der Waals surface area (Å²) in [4.78, 5) is 82.9. The van der Waals surface area contributed by atoms with E-state index in [4.69, 9.17) is 31.6 Å². The van der Waals surface area contributed by atoms with E-state index in [0.717, 1.165) is 146 Å². The maximum absolute atomic E-state index is 14.0. The third-order valence-corrected chi connectivity index (χ3v) is 27.0. The number of nitrogen functional groups attached to an aromatic ring is 3. The third-order valence-electron chi connectivity index (χ3n) is 24.8. The molecule has 0 bridgehead atoms. The lowest BCUT2D eigenvalue weighted by atomic mass is 9.79. The maximum Gasteiger partial charge on any atom is 0.494 e. The molecule has 19 aromatic rings. The number of fused-ring (bicyclic) bond motifs is 7. The molecule has 2 aliphatic rings. The quantitative estimate of drug-likeness (QED) is 0.0376. The number of aromatic hydroxyl groups is 2. The molecule has 31 heteroatoms. The van der Waals surface area contributed by atoms with Crippen molar-refractivity contribution < 1.29 is 24.6 Å². The van der Waals surface area contributed by atoms with E-state index >= 15 is 0 Å². The number of alkyl halides is 1. The molecular formula is C106H98BBrI2N18O9. The Morgan fingerprint density at radius 2 is 0.759 bits per heavy atom. The van der Waals surface area contributed by atoms with Crippen LogP contribution in [0.5, 0.6) is 11.5 Å². The zero-order valence-corrected chi connectivity index (χ0v) is 83.2. The first-order chi connectivity index (χ1) is 65.7. The standard InChI is InChI=1S/C29H24N6O2.C23H19IN6O.C18H16BrNO.C18H17NO2.C12H17BO3.C6H5IN4/c1-17-7-3-4-12-23(17)35-21(13-19-9-5-8-18(2)24(19)29(35)37)15-34-28-25(27(30)31-16-32-28)26(33-34)20-10-6-11-22(36)14-20;1-13-6-3-4-9-17(13)30-16(10-15-8-5-7-14(2)18(15)23(30)31)11-29-22-19(20(24)28-29)21(25)26-12-27-22;1-12-6-3-4-9-16(12)20-15(11-19)10-14-8-5-7-13(2)17(14)18(20)21;1-12-6-3-4-9-16(12)19-15(11-20)10-14-8-5-7-13(2)17(14)18(19)21;1-11(2)12(3,4)16-13(15-11)9-6-5-7-10(14)8-9;7-5-4-3(1-9-5)10-2-11-6(4)8/h3-14,16,36H,15H2,1-2H3,(H2,30,31,32);3-10,12H,11H2,1-2H3,(H2,25,26,27);3-10H,11H2,1-2H3;3-10,20H,11H2,1-2H3;5-8,14H,1-4H3;2H,1H2,(H2,8,10,11). The van der Waals surface area contributed by atoms with Crippen LogP contribution in [0.15, 0.2) is 286 Å². The monoisotopic (exact) mass is 2110 g/mol. The molecule has 1 saturated heterocycles. The number of hydrogen-bond acceptors (Lipinski definition) is 21. The number of aliphatic hydroxyl groups is 1. The van der Waals surface area contributed by atoms with Crippen molar-refractivity contribution in [1.29, 1.82) is 0 Å². The molecule has 0 saturated carbocycles. The van der Waals surface area contributed by atoms with Crippen LogP contribution in [-0.2, 0) is 40.9 Å². The number of halogens is 3. The number of para-hydroxylation sites is 4. The number of anilines is 3. The molecule has 0 amide bonds. The summed E-state index contributed by atoms with van der Waals surface area (Å²) in [5.74, 6) is 1.56. The molecule has 0 atom stereocenters. The molecule has 27 nitrogen and oxygen atoms in total. The van der Waals surface area contributed by atoms with Crippen molar-refractivity contribution >= 4 is 160 Å². The number of hydrogen-bond donors (Lipinski definition) is 6. The van der Waals surface area contributed by atoms with E-state index in [1.54, 1.807) is 59.5 Å². The molecule has 9 aromatic heterocycles. The highest BCUT2D eigenvalue weighted by molar-refractivity contribution is 14.1. The summed E-state index contributed by atoms with van der Waals surface area (Å²) in [6.45, 7) is 25.0. The number of benzene rings is 10. The van der Waals surface area contributed by atoms with Gasteiger partial charge < -0.3 is 41.8 Å². The predicted molar refractivity (Wildman–Crippen MR) is 567 cm³/mol. The summed E-state index contributed by atoms with van der Waals surface area (Å²) in [6.07, 6.45) is 4.31. The van der Waals surface area contributed by atoms with Crippen LogP contribution in [0.2, 0.25) is 0 Å². The molecule has 0 unspecified atom stereocenters. The van der Waals surface area contributed by atoms with Crippen LogP contribution >= 0.6 is 61.1 Å². The van der Waals surface area contributed by atoms with Gasteiger partial charge in [-0.3, -0.25) is 42.4 Å². The number of aryl methyl sites for hydroxylation is 8. The van der Waals surface area contributed by atoms with E-state index in [2.05, 4.69) is 113 Å². The van der Waals surface area contributed by atoms with E-state index in [1.165, 1.54) is 19.0 Å². The van der Waals surface area contributed by atoms with Crippen molar-refractivity contribution in [3.8, 4) is 45.5 Å². The second kappa shape index (κ2) is 40.4. The number of aliphatic imine (C=N–C) groups is 1. The average molecular weight is 2110 g/mol. The predicted octanol–water partition coefficient (Wildman–Crippen LogP) is 18.8. The molecule has 2 aliphatic heterocycles. The molecule has 137 heavy (non-hydrogen) atoms. The van der Waals surface area contributed by atoms with Crippen LogP contribution in [0.25, 0.3) is 99.2 Å². The number of aromatic nitrogens is 14. The Hall–Kier alpha value is -14.2. The van der Waals surface area contributed by atoms with E-state index < -0.39 is 7.12 Å². The Kier molecular flexibility index (Phi) is 28.3. The SMILES string of the molecule is CC1(C)OB(c2cccc(O)c2)OC1(C)C.Cc1ccccc1-n1c(CBr)cc2cccc(C)c2c1=O.Cc1ccccc1-n1c(CO)cc2cccc(C)c2c1=O.Cc1ccccc1-n1c(Cn2nc(-c3cccc(O)c3)c3c(N)ncnc32)cc2cccc(C)c2c1=O.Cc1ccccc1-n1c(Cn2nc(I)c3c(N)ncnc32)cc2cccc(C)c2c1=O.Nc1ncnc2c1C(I)=NC2. The lowest BCUT2D eigenvalue weighted by molar-refractivity contribution is 0.00578. The van der Waals surface area contributed by atoms with Crippen molar-refractivity contribution in [1.82, 2.24) is 67.7 Å². The highest BCUT2D eigenvalue weighted by Gasteiger charge is 2.52. The van der Waals surface area contributed by atoms with Crippen molar-refractivity contribution in [3.63, 3.8) is 0 Å². The molecule has 0 radical (unpaired) electrons.